The van der Waals surface area contributed by atoms with Gasteiger partial charge in [-0.15, -0.1) is 0 Å². The molecule has 0 aromatic heterocycles. The number of esters is 1. The average molecular weight is 428 g/mol. The van der Waals surface area contributed by atoms with Crippen molar-refractivity contribution in [2.45, 2.75) is 76.0 Å². The van der Waals surface area contributed by atoms with Gasteiger partial charge in [-0.3, -0.25) is 10.1 Å². The van der Waals surface area contributed by atoms with Gasteiger partial charge >= 0.3 is 5.97 Å². The van der Waals surface area contributed by atoms with Crippen LogP contribution in [0.2, 0.25) is 0 Å². The van der Waals surface area contributed by atoms with Crippen LogP contribution in [0, 0.1) is 5.92 Å². The van der Waals surface area contributed by atoms with Gasteiger partial charge in [0.2, 0.25) is 5.91 Å². The van der Waals surface area contributed by atoms with E-state index in [0.717, 1.165) is 24.8 Å². The molecule has 8 nitrogen and oxygen atoms in total. The lowest BCUT2D eigenvalue weighted by Crippen LogP contribution is -2.53. The van der Waals surface area contributed by atoms with Crippen molar-refractivity contribution in [2.24, 2.45) is 11.0 Å². The Morgan fingerprint density at radius 1 is 1.39 bits per heavy atom. The molecule has 0 bridgehead atoms. The summed E-state index contributed by atoms with van der Waals surface area (Å²) in [6, 6.07) is -1.59. The van der Waals surface area contributed by atoms with Crippen LogP contribution in [0.1, 0.15) is 51.9 Å². The maximum absolute atomic E-state index is 13.7. The first-order valence-corrected chi connectivity index (χ1v) is 11.3. The van der Waals surface area contributed by atoms with Gasteiger partial charge in [0.15, 0.2) is 0 Å². The minimum Gasteiger partial charge on any atom is -0.467 e. The van der Waals surface area contributed by atoms with Gasteiger partial charge in [-0.2, -0.15) is 0 Å². The summed E-state index contributed by atoms with van der Waals surface area (Å²) in [5, 5.41) is 7.31. The zero-order valence-electron chi connectivity index (χ0n) is 18.4. The summed E-state index contributed by atoms with van der Waals surface area (Å²) in [4.78, 5) is 30.5. The van der Waals surface area contributed by atoms with Crippen molar-refractivity contribution in [1.82, 2.24) is 10.2 Å². The highest BCUT2D eigenvalue weighted by Crippen LogP contribution is 2.30. The monoisotopic (exact) mass is 427 g/mol. The fourth-order valence-corrected chi connectivity index (χ4v) is 4.98. The highest BCUT2D eigenvalue weighted by Gasteiger charge is 2.42. The fourth-order valence-electron chi connectivity index (χ4n) is 4.98. The van der Waals surface area contributed by atoms with Crippen molar-refractivity contribution in [3.8, 4) is 0 Å². The van der Waals surface area contributed by atoms with Gasteiger partial charge in [0.05, 0.1) is 25.2 Å². The summed E-state index contributed by atoms with van der Waals surface area (Å²) in [7, 11) is 1.32. The van der Waals surface area contributed by atoms with Gasteiger partial charge in [0.25, 0.3) is 0 Å². The van der Waals surface area contributed by atoms with Gasteiger partial charge in [-0.05, 0) is 36.8 Å². The number of likely N-dealkylation sites (tertiary alicyclic amines) is 1. The van der Waals surface area contributed by atoms with Crippen molar-refractivity contribution < 1.29 is 14.3 Å². The van der Waals surface area contributed by atoms with Gasteiger partial charge in [-0.25, -0.2) is 4.79 Å². The summed E-state index contributed by atoms with van der Waals surface area (Å²) in [5.74, 6) is -0.0887. The normalized spacial score (nSPS) is 27.2. The van der Waals surface area contributed by atoms with E-state index in [2.05, 4.69) is 21.4 Å². The molecule has 1 saturated carbocycles. The second kappa shape index (κ2) is 11.2. The van der Waals surface area contributed by atoms with E-state index in [1.165, 1.54) is 26.4 Å². The van der Waals surface area contributed by atoms with Crippen LogP contribution in [-0.4, -0.2) is 54.6 Å². The second-order valence-corrected chi connectivity index (χ2v) is 8.61. The SMILES string of the molecule is C/C=C\C1=CC=CC1N[C@H](CC1CCCCC1)C(=O)N1CC(N=[N+]=[N-])C[C@H]1C(=O)OC. The lowest BCUT2D eigenvalue weighted by molar-refractivity contribution is -0.151. The minimum absolute atomic E-state index is 0.0409. The van der Waals surface area contributed by atoms with Crippen molar-refractivity contribution >= 4 is 11.9 Å². The van der Waals surface area contributed by atoms with Crippen molar-refractivity contribution in [3.05, 3.63) is 46.4 Å². The molecule has 0 spiro atoms. The van der Waals surface area contributed by atoms with Gasteiger partial charge in [-0.1, -0.05) is 67.6 Å². The fraction of sp³-hybridized carbons (Fsp3) is 0.652. The minimum atomic E-state index is -0.715. The Labute approximate surface area is 184 Å². The summed E-state index contributed by atoms with van der Waals surface area (Å²) in [6.07, 6.45) is 17.1. The Morgan fingerprint density at radius 2 is 2.16 bits per heavy atom. The number of hydrogen-bond donors (Lipinski definition) is 1. The van der Waals surface area contributed by atoms with E-state index in [1.807, 2.05) is 31.2 Å². The van der Waals surface area contributed by atoms with Crippen LogP contribution in [0.4, 0.5) is 0 Å². The molecule has 1 N–H and O–H groups in total. The average Bonchev–Trinajstić information content (AvgIpc) is 3.40. The van der Waals surface area contributed by atoms with E-state index >= 15 is 0 Å². The molecule has 31 heavy (non-hydrogen) atoms. The molecule has 0 aromatic carbocycles. The molecule has 1 amide bonds. The molecule has 0 radical (unpaired) electrons. The van der Waals surface area contributed by atoms with Gasteiger partial charge in [0.1, 0.15) is 6.04 Å². The summed E-state index contributed by atoms with van der Waals surface area (Å²) in [6.45, 7) is 2.21. The Balaban J connectivity index is 1.81. The molecule has 4 atom stereocenters. The maximum Gasteiger partial charge on any atom is 0.328 e. The Hall–Kier alpha value is -2.57. The number of carbonyl (C=O) groups excluding carboxylic acids is 2. The third-order valence-electron chi connectivity index (χ3n) is 6.53. The van der Waals surface area contributed by atoms with E-state index in [-0.39, 0.29) is 18.5 Å². The lowest BCUT2D eigenvalue weighted by Gasteiger charge is -2.33. The molecule has 3 aliphatic rings. The standard InChI is InChI=1S/C23H33N5O3/c1-3-8-17-11-7-12-19(17)25-20(13-16-9-5-4-6-10-16)22(29)28-15-18(26-27-24)14-21(28)23(30)31-2/h3,7-8,11-12,16,18-21,25H,4-6,9-10,13-15H2,1-2H3/b8-3-/t18?,19?,20-,21+/m1/s1. The van der Waals surface area contributed by atoms with E-state index in [0.29, 0.717) is 12.3 Å². The topological polar surface area (TPSA) is 107 Å². The molecular formula is C23H33N5O3. The number of azide groups is 1. The highest BCUT2D eigenvalue weighted by atomic mass is 16.5. The summed E-state index contributed by atoms with van der Waals surface area (Å²) < 4.78 is 4.94. The predicted molar refractivity (Wildman–Crippen MR) is 119 cm³/mol. The first kappa shape index (κ1) is 23.1. The van der Waals surface area contributed by atoms with Crippen LogP contribution < -0.4 is 5.32 Å². The number of hydrogen-bond acceptors (Lipinski definition) is 5. The van der Waals surface area contributed by atoms with Crippen LogP contribution >= 0.6 is 0 Å². The van der Waals surface area contributed by atoms with Crippen LogP contribution in [-0.2, 0) is 14.3 Å². The quantitative estimate of drug-likeness (QED) is 0.275. The number of carbonyl (C=O) groups is 2. The Morgan fingerprint density at radius 3 is 2.84 bits per heavy atom. The van der Waals surface area contributed by atoms with Gasteiger partial charge < -0.3 is 9.64 Å². The zero-order valence-corrected chi connectivity index (χ0v) is 18.4. The number of methoxy groups -OCH3 is 1. The third-order valence-corrected chi connectivity index (χ3v) is 6.53. The lowest BCUT2D eigenvalue weighted by atomic mass is 9.84. The first-order chi connectivity index (χ1) is 15.1. The van der Waals surface area contributed by atoms with Crippen molar-refractivity contribution in [1.29, 1.82) is 0 Å². The van der Waals surface area contributed by atoms with Crippen LogP contribution in [0.3, 0.4) is 0 Å². The largest absolute Gasteiger partial charge is 0.467 e. The number of ether oxygens (including phenoxy) is 1. The van der Waals surface area contributed by atoms with Crippen molar-refractivity contribution in [3.63, 3.8) is 0 Å². The molecule has 1 aliphatic heterocycles. The number of nitrogens with one attached hydrogen (secondary N) is 1. The molecule has 2 aliphatic carbocycles. The Bertz CT molecular complexity index is 793. The molecule has 1 saturated heterocycles. The molecule has 1 heterocycles. The summed E-state index contributed by atoms with van der Waals surface area (Å²) >= 11 is 0. The highest BCUT2D eigenvalue weighted by molar-refractivity contribution is 5.88. The molecule has 0 aromatic rings. The van der Waals surface area contributed by atoms with E-state index in [1.54, 1.807) is 4.90 Å². The molecular weight excluding hydrogens is 394 g/mol. The zero-order chi connectivity index (χ0) is 22.2. The number of allylic oxidation sites excluding steroid dienone is 3. The number of amides is 1. The molecule has 3 rings (SSSR count). The predicted octanol–water partition coefficient (Wildman–Crippen LogP) is 3.81. The number of nitrogens with zero attached hydrogens (tertiary/aromatic N) is 4. The molecule has 2 fully saturated rings. The maximum atomic E-state index is 13.7. The molecule has 2 unspecified atom stereocenters. The van der Waals surface area contributed by atoms with Crippen molar-refractivity contribution in [2.75, 3.05) is 13.7 Å². The second-order valence-electron chi connectivity index (χ2n) is 8.61. The van der Waals surface area contributed by atoms with Crippen LogP contribution in [0.5, 0.6) is 0 Å². The van der Waals surface area contributed by atoms with E-state index in [9.17, 15) is 9.59 Å². The van der Waals surface area contributed by atoms with E-state index < -0.39 is 24.1 Å². The summed E-state index contributed by atoms with van der Waals surface area (Å²) in [5.41, 5.74) is 9.95. The Kier molecular flexibility index (Phi) is 8.32. The number of rotatable bonds is 8. The smallest absolute Gasteiger partial charge is 0.328 e. The third kappa shape index (κ3) is 5.77. The van der Waals surface area contributed by atoms with E-state index in [4.69, 9.17) is 10.3 Å². The van der Waals surface area contributed by atoms with Gasteiger partial charge in [0, 0.05) is 11.5 Å². The van der Waals surface area contributed by atoms with Crippen LogP contribution in [0.15, 0.2) is 41.1 Å². The molecule has 168 valence electrons. The first-order valence-electron chi connectivity index (χ1n) is 11.3. The van der Waals surface area contributed by atoms with Crippen LogP contribution in [0.25, 0.3) is 10.4 Å². The molecule has 8 heteroatoms.